The predicted molar refractivity (Wildman–Crippen MR) is 108 cm³/mol. The second-order valence-electron chi connectivity index (χ2n) is 6.69. The van der Waals surface area contributed by atoms with Gasteiger partial charge in [-0.2, -0.15) is 0 Å². The van der Waals surface area contributed by atoms with E-state index in [0.29, 0.717) is 12.6 Å². The number of aromatic nitrogens is 1. The molecule has 2 N–H and O–H groups in total. The van der Waals surface area contributed by atoms with Gasteiger partial charge in [0.15, 0.2) is 5.96 Å². The Hall–Kier alpha value is -2.35. The molecule has 0 aromatic carbocycles. The molecule has 2 heterocycles. The van der Waals surface area contributed by atoms with Crippen LogP contribution in [0.15, 0.2) is 29.4 Å². The molecule has 1 aromatic heterocycles. The number of hydrogen-bond donors (Lipinski definition) is 2. The van der Waals surface area contributed by atoms with E-state index in [-0.39, 0.29) is 18.5 Å². The van der Waals surface area contributed by atoms with Crippen LogP contribution < -0.4 is 15.5 Å². The lowest BCUT2D eigenvalue weighted by atomic mass is 10.3. The summed E-state index contributed by atoms with van der Waals surface area (Å²) in [4.78, 5) is 24.5. The van der Waals surface area contributed by atoms with Gasteiger partial charge in [-0.05, 0) is 31.9 Å². The Labute approximate surface area is 162 Å². The number of carbonyl (C=O) groups is 1. The van der Waals surface area contributed by atoms with Crippen molar-refractivity contribution >= 4 is 17.7 Å². The van der Waals surface area contributed by atoms with Crippen LogP contribution in [0.4, 0.5) is 5.82 Å². The summed E-state index contributed by atoms with van der Waals surface area (Å²) in [5.41, 5.74) is 0. The minimum atomic E-state index is -0.0213. The number of hydrogen-bond acceptors (Lipinski definition) is 5. The molecule has 1 unspecified atom stereocenters. The third-order valence-corrected chi connectivity index (χ3v) is 4.34. The fourth-order valence-corrected chi connectivity index (χ4v) is 2.79. The molecule has 0 radical (unpaired) electrons. The van der Waals surface area contributed by atoms with Gasteiger partial charge in [-0.1, -0.05) is 6.07 Å². The summed E-state index contributed by atoms with van der Waals surface area (Å²) >= 11 is 0. The Morgan fingerprint density at radius 3 is 3.00 bits per heavy atom. The standard InChI is InChI=1S/C19H32N6O2/c1-4-27-13-7-11-21-19(22-14-18(26)24(2)3)23-16-9-12-25(15-16)17-8-5-6-10-20-17/h5-6,8,10,16H,4,7,9,11-15H2,1-3H3,(H2,21,22,23). The fourth-order valence-electron chi connectivity index (χ4n) is 2.79. The van der Waals surface area contributed by atoms with Gasteiger partial charge in [-0.25, -0.2) is 9.98 Å². The summed E-state index contributed by atoms with van der Waals surface area (Å²) in [6.07, 6.45) is 3.70. The van der Waals surface area contributed by atoms with E-state index in [2.05, 4.69) is 25.5 Å². The zero-order chi connectivity index (χ0) is 19.5. The van der Waals surface area contributed by atoms with E-state index in [0.717, 1.165) is 44.9 Å². The first-order valence-corrected chi connectivity index (χ1v) is 9.59. The maximum absolute atomic E-state index is 11.9. The molecule has 1 aliphatic heterocycles. The molecule has 1 fully saturated rings. The summed E-state index contributed by atoms with van der Waals surface area (Å²) in [5, 5.41) is 6.77. The van der Waals surface area contributed by atoms with E-state index >= 15 is 0 Å². The Kier molecular flexibility index (Phi) is 8.83. The van der Waals surface area contributed by atoms with Gasteiger partial charge in [0.2, 0.25) is 5.91 Å². The lowest BCUT2D eigenvalue weighted by molar-refractivity contribution is -0.127. The molecular formula is C19H32N6O2. The summed E-state index contributed by atoms with van der Waals surface area (Å²) in [5.74, 6) is 1.65. The van der Waals surface area contributed by atoms with Crippen LogP contribution in [-0.4, -0.2) is 81.3 Å². The van der Waals surface area contributed by atoms with E-state index in [4.69, 9.17) is 4.74 Å². The largest absolute Gasteiger partial charge is 0.382 e. The average molecular weight is 377 g/mol. The Morgan fingerprint density at radius 1 is 1.44 bits per heavy atom. The van der Waals surface area contributed by atoms with Crippen LogP contribution in [-0.2, 0) is 9.53 Å². The zero-order valence-electron chi connectivity index (χ0n) is 16.6. The zero-order valence-corrected chi connectivity index (χ0v) is 16.6. The molecule has 0 saturated carbocycles. The van der Waals surface area contributed by atoms with Crippen LogP contribution in [0.2, 0.25) is 0 Å². The topological polar surface area (TPSA) is 82.1 Å². The summed E-state index contributed by atoms with van der Waals surface area (Å²) in [6, 6.07) is 6.22. The van der Waals surface area contributed by atoms with Crippen molar-refractivity contribution in [3.05, 3.63) is 24.4 Å². The van der Waals surface area contributed by atoms with Gasteiger partial charge < -0.3 is 25.2 Å². The van der Waals surface area contributed by atoms with E-state index in [1.165, 1.54) is 0 Å². The smallest absolute Gasteiger partial charge is 0.243 e. The molecule has 0 spiro atoms. The average Bonchev–Trinajstić information content (AvgIpc) is 3.14. The van der Waals surface area contributed by atoms with Gasteiger partial charge in [-0.3, -0.25) is 4.79 Å². The molecule has 1 saturated heterocycles. The predicted octanol–water partition coefficient (Wildman–Crippen LogP) is 0.710. The van der Waals surface area contributed by atoms with Crippen LogP contribution in [0.3, 0.4) is 0 Å². The Morgan fingerprint density at radius 2 is 2.30 bits per heavy atom. The van der Waals surface area contributed by atoms with Crippen molar-refractivity contribution in [3.63, 3.8) is 0 Å². The fraction of sp³-hybridized carbons (Fsp3) is 0.632. The normalized spacial score (nSPS) is 17.1. The van der Waals surface area contributed by atoms with Crippen molar-refractivity contribution in [3.8, 4) is 0 Å². The molecule has 1 aromatic rings. The summed E-state index contributed by atoms with van der Waals surface area (Å²) in [6.45, 7) is 6.11. The molecule has 27 heavy (non-hydrogen) atoms. The van der Waals surface area contributed by atoms with E-state index < -0.39 is 0 Å². The summed E-state index contributed by atoms with van der Waals surface area (Å²) in [7, 11) is 3.48. The number of guanidine groups is 1. The second-order valence-corrected chi connectivity index (χ2v) is 6.69. The third-order valence-electron chi connectivity index (χ3n) is 4.34. The van der Waals surface area contributed by atoms with Gasteiger partial charge >= 0.3 is 0 Å². The molecule has 2 rings (SSSR count). The lowest BCUT2D eigenvalue weighted by Crippen LogP contribution is -2.45. The van der Waals surface area contributed by atoms with E-state index in [1.54, 1.807) is 19.0 Å². The second kappa shape index (κ2) is 11.4. The number of nitrogens with one attached hydrogen (secondary N) is 2. The number of nitrogens with zero attached hydrogens (tertiary/aromatic N) is 4. The first-order valence-electron chi connectivity index (χ1n) is 9.59. The molecule has 0 aliphatic carbocycles. The van der Waals surface area contributed by atoms with Crippen molar-refractivity contribution in [2.75, 3.05) is 58.4 Å². The molecule has 8 nitrogen and oxygen atoms in total. The first-order chi connectivity index (χ1) is 13.1. The van der Waals surface area contributed by atoms with Crippen molar-refractivity contribution < 1.29 is 9.53 Å². The van der Waals surface area contributed by atoms with E-state index in [1.807, 2.05) is 31.3 Å². The Bertz CT molecular complexity index is 593. The minimum Gasteiger partial charge on any atom is -0.382 e. The number of aliphatic imine (C=N–C) groups is 1. The lowest BCUT2D eigenvalue weighted by Gasteiger charge is -2.20. The quantitative estimate of drug-likeness (QED) is 0.375. The highest BCUT2D eigenvalue weighted by atomic mass is 16.5. The monoisotopic (exact) mass is 376 g/mol. The van der Waals surface area contributed by atoms with Gasteiger partial charge in [0, 0.05) is 59.2 Å². The first kappa shape index (κ1) is 21.0. The number of likely N-dealkylation sites (N-methyl/N-ethyl adjacent to an activating group) is 1. The minimum absolute atomic E-state index is 0.0213. The van der Waals surface area contributed by atoms with Crippen LogP contribution in [0.1, 0.15) is 19.8 Å². The maximum Gasteiger partial charge on any atom is 0.243 e. The van der Waals surface area contributed by atoms with Crippen LogP contribution in [0.25, 0.3) is 0 Å². The van der Waals surface area contributed by atoms with E-state index in [9.17, 15) is 4.79 Å². The number of pyridine rings is 1. The molecule has 8 heteroatoms. The van der Waals surface area contributed by atoms with Crippen molar-refractivity contribution in [2.45, 2.75) is 25.8 Å². The van der Waals surface area contributed by atoms with Gasteiger partial charge in [0.25, 0.3) is 0 Å². The number of carbonyl (C=O) groups excluding carboxylic acids is 1. The van der Waals surface area contributed by atoms with Gasteiger partial charge in [0.1, 0.15) is 12.4 Å². The molecular weight excluding hydrogens is 344 g/mol. The maximum atomic E-state index is 11.9. The number of rotatable bonds is 9. The molecule has 1 amide bonds. The number of amides is 1. The van der Waals surface area contributed by atoms with Crippen LogP contribution in [0, 0.1) is 0 Å². The van der Waals surface area contributed by atoms with Gasteiger partial charge in [-0.15, -0.1) is 0 Å². The highest BCUT2D eigenvalue weighted by Gasteiger charge is 2.24. The van der Waals surface area contributed by atoms with Crippen molar-refractivity contribution in [1.29, 1.82) is 0 Å². The number of anilines is 1. The van der Waals surface area contributed by atoms with Crippen LogP contribution in [0.5, 0.6) is 0 Å². The SMILES string of the molecule is CCOCCCNC(=NCC(=O)N(C)C)NC1CCN(c2ccccn2)C1. The molecule has 0 bridgehead atoms. The van der Waals surface area contributed by atoms with Crippen molar-refractivity contribution in [1.82, 2.24) is 20.5 Å². The highest BCUT2D eigenvalue weighted by molar-refractivity contribution is 5.85. The van der Waals surface area contributed by atoms with Crippen LogP contribution >= 0.6 is 0 Å². The highest BCUT2D eigenvalue weighted by Crippen LogP contribution is 2.17. The van der Waals surface area contributed by atoms with Crippen molar-refractivity contribution in [2.24, 2.45) is 4.99 Å². The third kappa shape index (κ3) is 7.42. The van der Waals surface area contributed by atoms with Gasteiger partial charge in [0.05, 0.1) is 0 Å². The summed E-state index contributed by atoms with van der Waals surface area (Å²) < 4.78 is 5.37. The Balaban J connectivity index is 1.88. The number of ether oxygens (including phenoxy) is 1. The molecule has 150 valence electrons. The molecule has 1 atom stereocenters. The molecule has 1 aliphatic rings.